The van der Waals surface area contributed by atoms with Crippen molar-refractivity contribution in [3.63, 3.8) is 0 Å². The van der Waals surface area contributed by atoms with Gasteiger partial charge in [0, 0.05) is 25.4 Å². The molecule has 1 N–H and O–H groups in total. The summed E-state index contributed by atoms with van der Waals surface area (Å²) in [6.07, 6.45) is 7.57. The summed E-state index contributed by atoms with van der Waals surface area (Å²) in [5.74, 6) is 0.712. The maximum atomic E-state index is 12.0. The molecule has 3 heterocycles. The van der Waals surface area contributed by atoms with Crippen LogP contribution >= 0.6 is 11.3 Å². The number of nitrogens with one attached hydrogen (secondary N) is 1. The molecule has 0 spiro atoms. The van der Waals surface area contributed by atoms with E-state index < -0.39 is 0 Å². The zero-order valence-electron chi connectivity index (χ0n) is 13.7. The minimum absolute atomic E-state index is 0.173. The number of anilines is 1. The first-order chi connectivity index (χ1) is 11.8. The number of aromatic nitrogens is 1. The number of fused-ring (bicyclic) bond motifs is 3. The van der Waals surface area contributed by atoms with Crippen molar-refractivity contribution >= 4 is 50.6 Å². The normalized spacial score (nSPS) is 22.8. The van der Waals surface area contributed by atoms with Crippen LogP contribution in [-0.2, 0) is 4.79 Å². The summed E-state index contributed by atoms with van der Waals surface area (Å²) in [6, 6.07) is 3.98. The molecule has 24 heavy (non-hydrogen) atoms. The maximum absolute atomic E-state index is 12.0. The lowest BCUT2D eigenvalue weighted by Gasteiger charge is -2.20. The molecule has 0 saturated carbocycles. The third kappa shape index (κ3) is 2.75. The number of hydrogen-bond acceptors (Lipinski definition) is 6. The fraction of sp³-hybridized carbons (Fsp3) is 0.444. The lowest BCUT2D eigenvalue weighted by atomic mass is 9.88. The second-order valence-electron chi connectivity index (χ2n) is 6.30. The highest BCUT2D eigenvalue weighted by Crippen LogP contribution is 2.42. The van der Waals surface area contributed by atoms with E-state index in [0.29, 0.717) is 18.9 Å². The summed E-state index contributed by atoms with van der Waals surface area (Å²) in [5.41, 5.74) is 3.25. The molecule has 1 aromatic heterocycles. The Kier molecular flexibility index (Phi) is 4.14. The summed E-state index contributed by atoms with van der Waals surface area (Å²) < 4.78 is 1.10. The van der Waals surface area contributed by atoms with E-state index in [4.69, 9.17) is 4.98 Å². The predicted octanol–water partition coefficient (Wildman–Crippen LogP) is 4.11. The van der Waals surface area contributed by atoms with Crippen LogP contribution in [0, 0.1) is 0 Å². The molecule has 0 amide bonds. The SMILES string of the molecule is CCCC1CC=Nc2c1ccc1sc(NC3C=NCCC3=O)nc21. The van der Waals surface area contributed by atoms with Gasteiger partial charge in [0.2, 0.25) is 0 Å². The highest BCUT2D eigenvalue weighted by molar-refractivity contribution is 7.22. The fourth-order valence-electron chi connectivity index (χ4n) is 3.39. The molecule has 0 bridgehead atoms. The molecule has 124 valence electrons. The molecule has 2 unspecified atom stereocenters. The highest BCUT2D eigenvalue weighted by atomic mass is 32.1. The molecule has 2 aliphatic rings. The van der Waals surface area contributed by atoms with Crippen LogP contribution < -0.4 is 5.32 Å². The second kappa shape index (κ2) is 6.43. The van der Waals surface area contributed by atoms with Crippen LogP contribution in [0.4, 0.5) is 10.8 Å². The van der Waals surface area contributed by atoms with Crippen LogP contribution in [0.1, 0.15) is 44.1 Å². The second-order valence-corrected chi connectivity index (χ2v) is 7.33. The van der Waals surface area contributed by atoms with Gasteiger partial charge in [-0.25, -0.2) is 4.98 Å². The molecule has 6 heteroatoms. The zero-order chi connectivity index (χ0) is 16.5. The minimum Gasteiger partial charge on any atom is -0.347 e. The van der Waals surface area contributed by atoms with Crippen molar-refractivity contribution in [1.82, 2.24) is 4.98 Å². The van der Waals surface area contributed by atoms with Crippen LogP contribution in [-0.4, -0.2) is 35.8 Å². The zero-order valence-corrected chi connectivity index (χ0v) is 14.5. The number of aliphatic imine (C=N–C) groups is 2. The van der Waals surface area contributed by atoms with E-state index in [1.807, 2.05) is 6.21 Å². The summed E-state index contributed by atoms with van der Waals surface area (Å²) in [4.78, 5) is 25.5. The summed E-state index contributed by atoms with van der Waals surface area (Å²) >= 11 is 1.57. The molecule has 2 aliphatic heterocycles. The molecule has 0 saturated heterocycles. The molecule has 0 radical (unpaired) electrons. The van der Waals surface area contributed by atoms with Gasteiger partial charge in [-0.3, -0.25) is 14.8 Å². The number of nitrogens with zero attached hydrogens (tertiary/aromatic N) is 3. The number of thiazole rings is 1. The first-order valence-corrected chi connectivity index (χ1v) is 9.33. The average molecular weight is 340 g/mol. The number of hydrogen-bond donors (Lipinski definition) is 1. The van der Waals surface area contributed by atoms with Crippen LogP contribution in [0.5, 0.6) is 0 Å². The minimum atomic E-state index is -0.355. The average Bonchev–Trinajstić information content (AvgIpc) is 3.00. The van der Waals surface area contributed by atoms with Crippen LogP contribution in [0.25, 0.3) is 10.2 Å². The third-order valence-electron chi connectivity index (χ3n) is 4.62. The van der Waals surface area contributed by atoms with E-state index in [-0.39, 0.29) is 11.8 Å². The topological polar surface area (TPSA) is 66.7 Å². The molecule has 2 aromatic rings. The van der Waals surface area contributed by atoms with Gasteiger partial charge in [-0.15, -0.1) is 0 Å². The van der Waals surface area contributed by atoms with Crippen molar-refractivity contribution in [2.75, 3.05) is 11.9 Å². The van der Waals surface area contributed by atoms with E-state index in [1.165, 1.54) is 18.4 Å². The molecule has 5 nitrogen and oxygen atoms in total. The van der Waals surface area contributed by atoms with Crippen molar-refractivity contribution in [1.29, 1.82) is 0 Å². The Bertz CT molecular complexity index is 839. The van der Waals surface area contributed by atoms with Gasteiger partial charge < -0.3 is 5.32 Å². The molecule has 0 aliphatic carbocycles. The molecule has 1 aromatic carbocycles. The van der Waals surface area contributed by atoms with Crippen LogP contribution in [0.2, 0.25) is 0 Å². The van der Waals surface area contributed by atoms with Crippen molar-refractivity contribution in [3.8, 4) is 0 Å². The van der Waals surface area contributed by atoms with E-state index >= 15 is 0 Å². The Morgan fingerprint density at radius 1 is 1.38 bits per heavy atom. The number of benzene rings is 1. The van der Waals surface area contributed by atoms with Gasteiger partial charge >= 0.3 is 0 Å². The Morgan fingerprint density at radius 3 is 3.12 bits per heavy atom. The van der Waals surface area contributed by atoms with E-state index in [1.54, 1.807) is 17.6 Å². The highest BCUT2D eigenvalue weighted by Gasteiger charge is 2.23. The van der Waals surface area contributed by atoms with Gasteiger partial charge in [0.15, 0.2) is 10.9 Å². The Balaban J connectivity index is 1.69. The maximum Gasteiger partial charge on any atom is 0.184 e. The van der Waals surface area contributed by atoms with Crippen molar-refractivity contribution in [3.05, 3.63) is 17.7 Å². The Hall–Kier alpha value is -2.08. The first-order valence-electron chi connectivity index (χ1n) is 8.51. The molecule has 0 fully saturated rings. The number of ketones is 1. The van der Waals surface area contributed by atoms with Gasteiger partial charge in [-0.05, 0) is 30.4 Å². The van der Waals surface area contributed by atoms with E-state index in [0.717, 1.165) is 27.5 Å². The lowest BCUT2D eigenvalue weighted by Crippen LogP contribution is -2.34. The fourth-order valence-corrected chi connectivity index (χ4v) is 4.29. The van der Waals surface area contributed by atoms with Gasteiger partial charge in [0.1, 0.15) is 11.6 Å². The molecule has 4 rings (SSSR count). The number of Topliss-reactive ketones (excluding diaryl/α,β-unsaturated/α-hetero) is 1. The van der Waals surface area contributed by atoms with Crippen LogP contribution in [0.3, 0.4) is 0 Å². The smallest absolute Gasteiger partial charge is 0.184 e. The Labute approximate surface area is 144 Å². The summed E-state index contributed by atoms with van der Waals surface area (Å²) in [7, 11) is 0. The summed E-state index contributed by atoms with van der Waals surface area (Å²) in [5, 5.41) is 3.98. The molecule has 2 atom stereocenters. The monoisotopic (exact) mass is 340 g/mol. The number of rotatable bonds is 4. The standard InChI is InChI=1S/C18H20N4OS/c1-2-3-11-6-9-20-16-12(11)4-5-15-17(16)22-18(24-15)21-13-10-19-8-7-14(13)23/h4-5,9-11,13H,2-3,6-8H2,1H3,(H,21,22). The van der Waals surface area contributed by atoms with Crippen molar-refractivity contribution < 1.29 is 4.79 Å². The Morgan fingerprint density at radius 2 is 2.29 bits per heavy atom. The van der Waals surface area contributed by atoms with E-state index in [2.05, 4.69) is 34.4 Å². The third-order valence-corrected chi connectivity index (χ3v) is 5.57. The predicted molar refractivity (Wildman–Crippen MR) is 100 cm³/mol. The molecular formula is C18H20N4OS. The van der Waals surface area contributed by atoms with Crippen molar-refractivity contribution in [2.45, 2.75) is 44.6 Å². The van der Waals surface area contributed by atoms with Gasteiger partial charge in [-0.1, -0.05) is 30.7 Å². The number of carbonyl (C=O) groups excluding carboxylic acids is 1. The molecular weight excluding hydrogens is 320 g/mol. The largest absolute Gasteiger partial charge is 0.347 e. The number of carbonyl (C=O) groups is 1. The van der Waals surface area contributed by atoms with Crippen molar-refractivity contribution in [2.24, 2.45) is 9.98 Å². The quantitative estimate of drug-likeness (QED) is 0.911. The van der Waals surface area contributed by atoms with Gasteiger partial charge in [-0.2, -0.15) is 0 Å². The van der Waals surface area contributed by atoms with Gasteiger partial charge in [0.05, 0.1) is 10.4 Å². The van der Waals surface area contributed by atoms with E-state index in [9.17, 15) is 4.79 Å². The first kappa shape index (κ1) is 15.4. The lowest BCUT2D eigenvalue weighted by molar-refractivity contribution is -0.118. The summed E-state index contributed by atoms with van der Waals surface area (Å²) in [6.45, 7) is 2.81. The van der Waals surface area contributed by atoms with Gasteiger partial charge in [0.25, 0.3) is 0 Å². The van der Waals surface area contributed by atoms with Crippen LogP contribution in [0.15, 0.2) is 22.1 Å².